The Kier molecular flexibility index (Phi) is 8.58. The van der Waals surface area contributed by atoms with Crippen LogP contribution in [-0.2, 0) is 16.1 Å². The van der Waals surface area contributed by atoms with Gasteiger partial charge in [-0.3, -0.25) is 9.36 Å². The van der Waals surface area contributed by atoms with Crippen molar-refractivity contribution in [3.8, 4) is 5.75 Å². The fourth-order valence-electron chi connectivity index (χ4n) is 4.22. The molecule has 0 spiro atoms. The number of thiophene rings is 1. The van der Waals surface area contributed by atoms with Crippen LogP contribution in [0.1, 0.15) is 35.9 Å². The van der Waals surface area contributed by atoms with Crippen molar-refractivity contribution in [1.29, 1.82) is 0 Å². The summed E-state index contributed by atoms with van der Waals surface area (Å²) < 4.78 is 14.9. The van der Waals surface area contributed by atoms with Gasteiger partial charge in [0.1, 0.15) is 18.4 Å². The number of halogens is 3. The number of nitrogens with zero attached hydrogens (tertiary/aromatic N) is 2. The fraction of sp³-hybridized carbons (Fsp3) is 0.179. The van der Waals surface area contributed by atoms with Gasteiger partial charge < -0.3 is 9.47 Å². The number of ether oxygens (including phenoxy) is 2. The highest BCUT2D eigenvalue weighted by molar-refractivity contribution is 9.11. The lowest BCUT2D eigenvalue weighted by Gasteiger charge is -2.23. The average molecular weight is 709 g/mol. The Balaban J connectivity index is 1.54. The molecule has 1 atom stereocenters. The molecular weight excluding hydrogens is 688 g/mol. The van der Waals surface area contributed by atoms with Crippen molar-refractivity contribution in [2.45, 2.75) is 26.5 Å². The molecule has 0 radical (unpaired) electrons. The zero-order valence-corrected chi connectivity index (χ0v) is 26.3. The third-order valence-electron chi connectivity index (χ3n) is 5.98. The molecule has 11 heteroatoms. The number of fused-ring (bicyclic) bond motifs is 1. The lowest BCUT2D eigenvalue weighted by molar-refractivity contribution is -0.139. The zero-order chi connectivity index (χ0) is 27.7. The molecule has 0 N–H and O–H groups in total. The SMILES string of the molecule is CCOC(=O)C1=C(C)N=c2s/c(=C\c3cc(Br)c(OCc4ccccc4Cl)c(Br)c3)c(=O)n2[C@@H]1c1cccs1. The number of esters is 1. The summed E-state index contributed by atoms with van der Waals surface area (Å²) in [5.41, 5.74) is 2.37. The van der Waals surface area contributed by atoms with E-state index in [1.54, 1.807) is 18.4 Å². The smallest absolute Gasteiger partial charge is 0.338 e. The fourth-order valence-corrected chi connectivity index (χ4v) is 7.74. The minimum absolute atomic E-state index is 0.224. The van der Waals surface area contributed by atoms with Crippen LogP contribution in [0.15, 0.2) is 83.9 Å². The van der Waals surface area contributed by atoms with Crippen molar-refractivity contribution in [2.24, 2.45) is 4.99 Å². The van der Waals surface area contributed by atoms with Crippen LogP contribution in [0.2, 0.25) is 5.02 Å². The number of hydrogen-bond acceptors (Lipinski definition) is 7. The quantitative estimate of drug-likeness (QED) is 0.203. The molecule has 0 unspecified atom stereocenters. The number of thiazole rings is 1. The van der Waals surface area contributed by atoms with E-state index in [4.69, 9.17) is 21.1 Å². The van der Waals surface area contributed by atoms with E-state index in [0.717, 1.165) is 24.9 Å². The molecule has 0 saturated heterocycles. The first kappa shape index (κ1) is 28.0. The van der Waals surface area contributed by atoms with Gasteiger partial charge in [0, 0.05) is 15.5 Å². The molecule has 1 aliphatic heterocycles. The largest absolute Gasteiger partial charge is 0.486 e. The maximum Gasteiger partial charge on any atom is 0.338 e. The molecule has 2 aromatic heterocycles. The van der Waals surface area contributed by atoms with Crippen molar-refractivity contribution in [2.75, 3.05) is 6.61 Å². The van der Waals surface area contributed by atoms with Crippen LogP contribution in [0.5, 0.6) is 5.75 Å². The number of rotatable bonds is 7. The number of carbonyl (C=O) groups is 1. The average Bonchev–Trinajstić information content (AvgIpc) is 3.52. The van der Waals surface area contributed by atoms with Gasteiger partial charge in [0.15, 0.2) is 4.80 Å². The number of carbonyl (C=O) groups excluding carboxylic acids is 1. The Hall–Kier alpha value is -2.50. The summed E-state index contributed by atoms with van der Waals surface area (Å²) in [7, 11) is 0. The van der Waals surface area contributed by atoms with Crippen molar-refractivity contribution in [3.05, 3.63) is 115 Å². The number of allylic oxidation sites excluding steroid dienone is 1. The molecule has 0 saturated carbocycles. The molecule has 2 aromatic carbocycles. The zero-order valence-electron chi connectivity index (χ0n) is 20.7. The normalized spacial score (nSPS) is 15.2. The predicted octanol–water partition coefficient (Wildman–Crippen LogP) is 6.62. The van der Waals surface area contributed by atoms with Gasteiger partial charge in [-0.15, -0.1) is 11.3 Å². The van der Waals surface area contributed by atoms with E-state index in [-0.39, 0.29) is 12.2 Å². The summed E-state index contributed by atoms with van der Waals surface area (Å²) >= 11 is 16.2. The maximum absolute atomic E-state index is 13.7. The molecule has 1 aliphatic rings. The van der Waals surface area contributed by atoms with Gasteiger partial charge in [0.25, 0.3) is 5.56 Å². The van der Waals surface area contributed by atoms with E-state index in [9.17, 15) is 9.59 Å². The Morgan fingerprint density at radius 3 is 2.59 bits per heavy atom. The van der Waals surface area contributed by atoms with Crippen molar-refractivity contribution in [1.82, 2.24) is 4.57 Å². The third-order valence-corrected chi connectivity index (χ3v) is 9.43. The Morgan fingerprint density at radius 2 is 1.92 bits per heavy atom. The summed E-state index contributed by atoms with van der Waals surface area (Å²) in [5, 5.41) is 2.56. The second-order valence-electron chi connectivity index (χ2n) is 8.51. The van der Waals surface area contributed by atoms with Crippen molar-refractivity contribution in [3.63, 3.8) is 0 Å². The standard InChI is InChI=1S/C28H21Br2ClN2O4S2/c1-3-36-27(35)23-15(2)32-28-33(24(23)21-9-6-10-38-21)26(34)22(39-28)13-16-11-18(29)25(19(30)12-16)37-14-17-7-4-5-8-20(17)31/h4-13,24H,3,14H2,1-2H3/b22-13-/t24-/m1/s1. The molecule has 5 rings (SSSR count). The monoisotopic (exact) mass is 706 g/mol. The first-order valence-corrected chi connectivity index (χ1v) is 15.5. The van der Waals surface area contributed by atoms with Gasteiger partial charge >= 0.3 is 5.97 Å². The lowest BCUT2D eigenvalue weighted by Crippen LogP contribution is -2.39. The molecule has 4 aromatic rings. The minimum atomic E-state index is -0.596. The maximum atomic E-state index is 13.7. The summed E-state index contributed by atoms with van der Waals surface area (Å²) in [6, 6.07) is 14.5. The highest BCUT2D eigenvalue weighted by Crippen LogP contribution is 2.36. The molecule has 0 bridgehead atoms. The van der Waals surface area contributed by atoms with Crippen LogP contribution < -0.4 is 19.6 Å². The van der Waals surface area contributed by atoms with E-state index < -0.39 is 12.0 Å². The second kappa shape index (κ2) is 11.9. The molecule has 39 heavy (non-hydrogen) atoms. The van der Waals surface area contributed by atoms with E-state index in [1.165, 1.54) is 22.7 Å². The van der Waals surface area contributed by atoms with Gasteiger partial charge in [0.05, 0.1) is 31.4 Å². The molecule has 200 valence electrons. The van der Waals surface area contributed by atoms with Crippen molar-refractivity contribution >= 4 is 78.2 Å². The highest BCUT2D eigenvalue weighted by atomic mass is 79.9. The topological polar surface area (TPSA) is 69.9 Å². The van der Waals surface area contributed by atoms with Gasteiger partial charge in [0.2, 0.25) is 0 Å². The first-order valence-electron chi connectivity index (χ1n) is 11.9. The highest BCUT2D eigenvalue weighted by Gasteiger charge is 2.33. The van der Waals surface area contributed by atoms with Crippen LogP contribution in [0.3, 0.4) is 0 Å². The minimum Gasteiger partial charge on any atom is -0.486 e. The van der Waals surface area contributed by atoms with Crippen LogP contribution in [0, 0.1) is 0 Å². The van der Waals surface area contributed by atoms with Crippen molar-refractivity contribution < 1.29 is 14.3 Å². The first-order chi connectivity index (χ1) is 18.8. The molecular formula is C28H21Br2ClN2O4S2. The third kappa shape index (κ3) is 5.71. The number of benzene rings is 2. The number of aromatic nitrogens is 1. The molecule has 3 heterocycles. The van der Waals surface area contributed by atoms with E-state index >= 15 is 0 Å². The molecule has 0 aliphatic carbocycles. The Morgan fingerprint density at radius 1 is 1.18 bits per heavy atom. The number of hydrogen-bond donors (Lipinski definition) is 0. The summed E-state index contributed by atoms with van der Waals surface area (Å²) in [6.07, 6.45) is 1.81. The van der Waals surface area contributed by atoms with Gasteiger partial charge in [-0.25, -0.2) is 9.79 Å². The van der Waals surface area contributed by atoms with Crippen LogP contribution in [0.25, 0.3) is 6.08 Å². The van der Waals surface area contributed by atoms with Crippen LogP contribution in [0.4, 0.5) is 0 Å². The summed E-state index contributed by atoms with van der Waals surface area (Å²) in [4.78, 5) is 32.7. The van der Waals surface area contributed by atoms with E-state index in [2.05, 4.69) is 36.9 Å². The Bertz CT molecular complexity index is 1750. The van der Waals surface area contributed by atoms with E-state index in [1.807, 2.05) is 60.0 Å². The molecule has 0 fully saturated rings. The molecule has 6 nitrogen and oxygen atoms in total. The van der Waals surface area contributed by atoms with Gasteiger partial charge in [-0.1, -0.05) is 47.2 Å². The van der Waals surface area contributed by atoms with Crippen LogP contribution >= 0.6 is 66.1 Å². The lowest BCUT2D eigenvalue weighted by atomic mass is 10.0. The Labute approximate surface area is 254 Å². The predicted molar refractivity (Wildman–Crippen MR) is 162 cm³/mol. The summed E-state index contributed by atoms with van der Waals surface area (Å²) in [5.74, 6) is 0.160. The molecule has 0 amide bonds. The second-order valence-corrected chi connectivity index (χ2v) is 12.6. The van der Waals surface area contributed by atoms with Crippen LogP contribution in [-0.4, -0.2) is 17.1 Å². The van der Waals surface area contributed by atoms with E-state index in [0.29, 0.717) is 38.0 Å². The summed E-state index contributed by atoms with van der Waals surface area (Å²) in [6.45, 7) is 4.07. The van der Waals surface area contributed by atoms with Gasteiger partial charge in [-0.2, -0.15) is 0 Å². The van der Waals surface area contributed by atoms with Gasteiger partial charge in [-0.05, 0) is 87.0 Å².